The molecule has 0 aliphatic carbocycles. The number of aryl methyl sites for hydroxylation is 2. The number of carbonyl (C=O) groups is 1. The molecule has 0 aliphatic rings. The largest absolute Gasteiger partial charge is 0.458 e. The highest BCUT2D eigenvalue weighted by molar-refractivity contribution is 5.95. The highest BCUT2D eigenvalue weighted by Crippen LogP contribution is 2.13. The molecule has 2 aromatic rings. The van der Waals surface area contributed by atoms with Gasteiger partial charge in [-0.25, -0.2) is 0 Å². The van der Waals surface area contributed by atoms with E-state index < -0.39 is 0 Å². The molecule has 2 nitrogen and oxygen atoms in total. The SMILES string of the molecule is CCc1ccc(C(=O)Cc2cccc(C)c2)o1. The van der Waals surface area contributed by atoms with Crippen molar-refractivity contribution >= 4 is 5.78 Å². The molecule has 0 amide bonds. The van der Waals surface area contributed by atoms with Crippen LogP contribution in [0.4, 0.5) is 0 Å². The van der Waals surface area contributed by atoms with Crippen LogP contribution in [0.3, 0.4) is 0 Å². The second-order valence-electron chi connectivity index (χ2n) is 4.21. The lowest BCUT2D eigenvalue weighted by Gasteiger charge is -2.00. The molecular formula is C15H16O2. The minimum Gasteiger partial charge on any atom is -0.458 e. The zero-order valence-electron chi connectivity index (χ0n) is 10.2. The van der Waals surface area contributed by atoms with Crippen molar-refractivity contribution in [3.63, 3.8) is 0 Å². The van der Waals surface area contributed by atoms with Gasteiger partial charge in [-0.1, -0.05) is 36.8 Å². The van der Waals surface area contributed by atoms with E-state index in [0.29, 0.717) is 12.2 Å². The molecule has 0 N–H and O–H groups in total. The molecule has 0 radical (unpaired) electrons. The van der Waals surface area contributed by atoms with Crippen LogP contribution < -0.4 is 0 Å². The Morgan fingerprint density at radius 3 is 2.71 bits per heavy atom. The zero-order chi connectivity index (χ0) is 12.3. The van der Waals surface area contributed by atoms with Crippen molar-refractivity contribution in [3.05, 3.63) is 59.0 Å². The van der Waals surface area contributed by atoms with Gasteiger partial charge in [0.15, 0.2) is 5.76 Å². The molecule has 2 rings (SSSR count). The fourth-order valence-electron chi connectivity index (χ4n) is 1.81. The van der Waals surface area contributed by atoms with Crippen LogP contribution in [0.5, 0.6) is 0 Å². The Labute approximate surface area is 101 Å². The first-order valence-electron chi connectivity index (χ1n) is 5.86. The Morgan fingerprint density at radius 2 is 2.06 bits per heavy atom. The molecule has 1 heterocycles. The van der Waals surface area contributed by atoms with Crippen LogP contribution in [-0.2, 0) is 12.8 Å². The molecule has 0 bridgehead atoms. The van der Waals surface area contributed by atoms with E-state index in [9.17, 15) is 4.79 Å². The van der Waals surface area contributed by atoms with Gasteiger partial charge in [0.05, 0.1) is 0 Å². The highest BCUT2D eigenvalue weighted by Gasteiger charge is 2.11. The van der Waals surface area contributed by atoms with Crippen LogP contribution in [0, 0.1) is 6.92 Å². The predicted molar refractivity (Wildman–Crippen MR) is 67.3 cm³/mol. The van der Waals surface area contributed by atoms with Gasteiger partial charge < -0.3 is 4.42 Å². The lowest BCUT2D eigenvalue weighted by atomic mass is 10.1. The molecule has 0 spiro atoms. The lowest BCUT2D eigenvalue weighted by molar-refractivity contribution is 0.0965. The van der Waals surface area contributed by atoms with E-state index in [1.54, 1.807) is 6.07 Å². The van der Waals surface area contributed by atoms with Gasteiger partial charge in [-0.2, -0.15) is 0 Å². The Bertz CT molecular complexity index is 523. The van der Waals surface area contributed by atoms with E-state index in [2.05, 4.69) is 0 Å². The van der Waals surface area contributed by atoms with Crippen LogP contribution in [0.1, 0.15) is 34.4 Å². The first-order valence-corrected chi connectivity index (χ1v) is 5.86. The number of Topliss-reactive ketones (excluding diaryl/α,β-unsaturated/α-hetero) is 1. The molecule has 0 saturated heterocycles. The van der Waals surface area contributed by atoms with Crippen LogP contribution in [0.15, 0.2) is 40.8 Å². The van der Waals surface area contributed by atoms with Crippen molar-refractivity contribution < 1.29 is 9.21 Å². The van der Waals surface area contributed by atoms with E-state index in [4.69, 9.17) is 4.42 Å². The molecule has 0 atom stereocenters. The zero-order valence-corrected chi connectivity index (χ0v) is 10.2. The maximum absolute atomic E-state index is 12.0. The van der Waals surface area contributed by atoms with Gasteiger partial charge in [0, 0.05) is 12.8 Å². The summed E-state index contributed by atoms with van der Waals surface area (Å²) in [5.41, 5.74) is 2.20. The molecule has 0 fully saturated rings. The molecule has 2 heteroatoms. The number of rotatable bonds is 4. The van der Waals surface area contributed by atoms with Gasteiger partial charge in [0.25, 0.3) is 0 Å². The fraction of sp³-hybridized carbons (Fsp3) is 0.267. The standard InChI is InChI=1S/C15H16O2/c1-3-13-7-8-15(17-13)14(16)10-12-6-4-5-11(2)9-12/h4-9H,3,10H2,1-2H3. The smallest absolute Gasteiger partial charge is 0.202 e. The Kier molecular flexibility index (Phi) is 3.43. The molecule has 17 heavy (non-hydrogen) atoms. The number of ketones is 1. The van der Waals surface area contributed by atoms with E-state index in [1.165, 1.54) is 5.56 Å². The Balaban J connectivity index is 2.11. The first kappa shape index (κ1) is 11.6. The summed E-state index contributed by atoms with van der Waals surface area (Å²) in [4.78, 5) is 12.0. The normalized spacial score (nSPS) is 10.5. The van der Waals surface area contributed by atoms with E-state index in [1.807, 2.05) is 44.2 Å². The quantitative estimate of drug-likeness (QED) is 0.749. The van der Waals surface area contributed by atoms with Crippen molar-refractivity contribution in [2.24, 2.45) is 0 Å². The number of furan rings is 1. The third-order valence-electron chi connectivity index (χ3n) is 2.73. The Morgan fingerprint density at radius 1 is 1.24 bits per heavy atom. The summed E-state index contributed by atoms with van der Waals surface area (Å²) in [6, 6.07) is 11.6. The lowest BCUT2D eigenvalue weighted by Crippen LogP contribution is -2.02. The molecule has 1 aromatic heterocycles. The number of carbonyl (C=O) groups excluding carboxylic acids is 1. The highest BCUT2D eigenvalue weighted by atomic mass is 16.3. The summed E-state index contributed by atoms with van der Waals surface area (Å²) in [6.07, 6.45) is 1.22. The summed E-state index contributed by atoms with van der Waals surface area (Å²) in [5.74, 6) is 1.36. The van der Waals surface area contributed by atoms with E-state index >= 15 is 0 Å². The molecule has 0 aliphatic heterocycles. The third-order valence-corrected chi connectivity index (χ3v) is 2.73. The predicted octanol–water partition coefficient (Wildman–Crippen LogP) is 3.58. The van der Waals surface area contributed by atoms with Gasteiger partial charge >= 0.3 is 0 Å². The van der Waals surface area contributed by atoms with Crippen LogP contribution in [0.2, 0.25) is 0 Å². The molecule has 88 valence electrons. The van der Waals surface area contributed by atoms with Crippen molar-refractivity contribution in [1.82, 2.24) is 0 Å². The van der Waals surface area contributed by atoms with Crippen LogP contribution in [0.25, 0.3) is 0 Å². The maximum Gasteiger partial charge on any atom is 0.202 e. The Hall–Kier alpha value is -1.83. The summed E-state index contributed by atoms with van der Waals surface area (Å²) in [5, 5.41) is 0. The van der Waals surface area contributed by atoms with Gasteiger partial charge in [-0.05, 0) is 24.6 Å². The second kappa shape index (κ2) is 5.00. The topological polar surface area (TPSA) is 30.2 Å². The fourth-order valence-corrected chi connectivity index (χ4v) is 1.81. The van der Waals surface area contributed by atoms with E-state index in [-0.39, 0.29) is 5.78 Å². The van der Waals surface area contributed by atoms with Crippen molar-refractivity contribution in [1.29, 1.82) is 0 Å². The number of hydrogen-bond donors (Lipinski definition) is 0. The van der Waals surface area contributed by atoms with Crippen LogP contribution in [-0.4, -0.2) is 5.78 Å². The van der Waals surface area contributed by atoms with Gasteiger partial charge in [0.2, 0.25) is 5.78 Å². The number of benzene rings is 1. The van der Waals surface area contributed by atoms with Gasteiger partial charge in [-0.15, -0.1) is 0 Å². The van der Waals surface area contributed by atoms with Gasteiger partial charge in [-0.3, -0.25) is 4.79 Å². The summed E-state index contributed by atoms with van der Waals surface area (Å²) in [7, 11) is 0. The van der Waals surface area contributed by atoms with Crippen molar-refractivity contribution in [3.8, 4) is 0 Å². The molecule has 0 unspecified atom stereocenters. The first-order chi connectivity index (χ1) is 8.19. The summed E-state index contributed by atoms with van der Waals surface area (Å²) >= 11 is 0. The minimum absolute atomic E-state index is 0.0373. The third kappa shape index (κ3) is 2.84. The summed E-state index contributed by atoms with van der Waals surface area (Å²) < 4.78 is 5.45. The molecule has 1 aromatic carbocycles. The number of hydrogen-bond acceptors (Lipinski definition) is 2. The van der Waals surface area contributed by atoms with Gasteiger partial charge in [0.1, 0.15) is 5.76 Å². The minimum atomic E-state index is 0.0373. The molecular weight excluding hydrogens is 212 g/mol. The van der Waals surface area contributed by atoms with Crippen molar-refractivity contribution in [2.75, 3.05) is 0 Å². The average molecular weight is 228 g/mol. The monoisotopic (exact) mass is 228 g/mol. The molecule has 0 saturated carbocycles. The second-order valence-corrected chi connectivity index (χ2v) is 4.21. The average Bonchev–Trinajstić information content (AvgIpc) is 2.77. The van der Waals surface area contributed by atoms with E-state index in [0.717, 1.165) is 17.7 Å². The summed E-state index contributed by atoms with van der Waals surface area (Å²) in [6.45, 7) is 4.03. The van der Waals surface area contributed by atoms with Crippen molar-refractivity contribution in [2.45, 2.75) is 26.7 Å². The van der Waals surface area contributed by atoms with Crippen LogP contribution >= 0.6 is 0 Å². The maximum atomic E-state index is 12.0.